The van der Waals surface area contributed by atoms with Crippen molar-refractivity contribution in [3.05, 3.63) is 75.1 Å². The van der Waals surface area contributed by atoms with Crippen molar-refractivity contribution >= 4 is 28.7 Å². The first-order valence-corrected chi connectivity index (χ1v) is 10.4. The number of nitrogens with zero attached hydrogens (tertiary/aromatic N) is 3. The zero-order valence-corrected chi connectivity index (χ0v) is 18.9. The molecule has 0 radical (unpaired) electrons. The van der Waals surface area contributed by atoms with Gasteiger partial charge in [0, 0.05) is 11.4 Å². The van der Waals surface area contributed by atoms with Crippen molar-refractivity contribution in [1.82, 2.24) is 9.97 Å². The summed E-state index contributed by atoms with van der Waals surface area (Å²) < 4.78 is 0. The van der Waals surface area contributed by atoms with Crippen LogP contribution in [0.15, 0.2) is 42.7 Å². The highest BCUT2D eigenvalue weighted by Gasteiger charge is 2.23. The van der Waals surface area contributed by atoms with Crippen molar-refractivity contribution in [2.45, 2.75) is 53.4 Å². The van der Waals surface area contributed by atoms with Gasteiger partial charge in [-0.05, 0) is 72.2 Å². The van der Waals surface area contributed by atoms with Crippen molar-refractivity contribution in [2.24, 2.45) is 0 Å². The maximum Gasteiger partial charge on any atom is 0.353 e. The van der Waals surface area contributed by atoms with Gasteiger partial charge in [0.1, 0.15) is 6.33 Å². The highest BCUT2D eigenvalue weighted by atomic mass is 16.6. The van der Waals surface area contributed by atoms with E-state index in [0.29, 0.717) is 11.8 Å². The molecule has 0 amide bonds. The molecule has 2 N–H and O–H groups in total. The van der Waals surface area contributed by atoms with Crippen LogP contribution in [0.4, 0.5) is 28.7 Å². The molecule has 3 aromatic rings. The van der Waals surface area contributed by atoms with Gasteiger partial charge in [-0.1, -0.05) is 39.8 Å². The second-order valence-electron chi connectivity index (χ2n) is 8.38. The van der Waals surface area contributed by atoms with Crippen molar-refractivity contribution in [3.8, 4) is 0 Å². The number of aryl methyl sites for hydroxylation is 2. The molecule has 1 aromatic heterocycles. The number of hydrogen-bond donors (Lipinski definition) is 2. The molecule has 0 atom stereocenters. The second-order valence-corrected chi connectivity index (χ2v) is 8.38. The number of hydrogen-bond acceptors (Lipinski definition) is 6. The molecule has 2 aromatic carbocycles. The van der Waals surface area contributed by atoms with Gasteiger partial charge in [-0.15, -0.1) is 0 Å². The van der Waals surface area contributed by atoms with E-state index in [9.17, 15) is 10.1 Å². The molecular formula is C24H29N5O2. The Morgan fingerprint density at radius 1 is 0.806 bits per heavy atom. The molecule has 31 heavy (non-hydrogen) atoms. The average Bonchev–Trinajstić information content (AvgIpc) is 2.67. The summed E-state index contributed by atoms with van der Waals surface area (Å²) in [6.45, 7) is 12.6. The largest absolute Gasteiger partial charge is 0.353 e. The van der Waals surface area contributed by atoms with Gasteiger partial charge in [-0.25, -0.2) is 9.97 Å². The zero-order chi connectivity index (χ0) is 22.7. The Hall–Kier alpha value is -3.48. The molecule has 0 saturated heterocycles. The van der Waals surface area contributed by atoms with E-state index in [2.05, 4.69) is 48.3 Å². The molecule has 0 aliphatic carbocycles. The SMILES string of the molecule is Cc1cc(Nc2ncnc(Nc3ccc(C(C)C)c(C)c3)c2[N+](=O)[O-])ccc1C(C)C. The number of nitrogens with one attached hydrogen (secondary N) is 2. The third-order valence-electron chi connectivity index (χ3n) is 5.31. The number of anilines is 4. The fraction of sp³-hybridized carbons (Fsp3) is 0.333. The van der Waals surface area contributed by atoms with E-state index >= 15 is 0 Å². The Bertz CT molecular complexity index is 1030. The number of nitro groups is 1. The van der Waals surface area contributed by atoms with Crippen LogP contribution in [-0.4, -0.2) is 14.9 Å². The molecule has 3 rings (SSSR count). The van der Waals surface area contributed by atoms with Crippen molar-refractivity contribution in [3.63, 3.8) is 0 Å². The number of benzene rings is 2. The maximum absolute atomic E-state index is 11.9. The van der Waals surface area contributed by atoms with Crippen LogP contribution in [0.2, 0.25) is 0 Å². The Labute approximate surface area is 183 Å². The molecule has 7 nitrogen and oxygen atoms in total. The standard InChI is InChI=1S/C24H29N5O2/c1-14(2)20-9-7-18(11-16(20)5)27-23-22(29(30)31)24(26-13-25-23)28-19-8-10-21(15(3)4)17(6)12-19/h7-15H,1-6H3,(H2,25,26,27,28). The Morgan fingerprint density at radius 2 is 1.23 bits per heavy atom. The number of rotatable bonds is 7. The molecule has 0 fully saturated rings. The monoisotopic (exact) mass is 419 g/mol. The normalized spacial score (nSPS) is 11.1. The Balaban J connectivity index is 1.94. The van der Waals surface area contributed by atoms with E-state index in [1.165, 1.54) is 17.5 Å². The average molecular weight is 420 g/mol. The minimum Gasteiger partial charge on any atom is -0.334 e. The van der Waals surface area contributed by atoms with E-state index in [1.54, 1.807) is 0 Å². The predicted molar refractivity (Wildman–Crippen MR) is 126 cm³/mol. The van der Waals surface area contributed by atoms with Gasteiger partial charge in [-0.2, -0.15) is 0 Å². The highest BCUT2D eigenvalue weighted by molar-refractivity contribution is 5.77. The summed E-state index contributed by atoms with van der Waals surface area (Å²) in [7, 11) is 0. The van der Waals surface area contributed by atoms with Gasteiger partial charge in [0.2, 0.25) is 11.6 Å². The molecule has 0 aliphatic rings. The summed E-state index contributed by atoms with van der Waals surface area (Å²) in [5.74, 6) is 1.11. The van der Waals surface area contributed by atoms with Crippen LogP contribution in [0.1, 0.15) is 61.8 Å². The molecule has 0 aliphatic heterocycles. The smallest absolute Gasteiger partial charge is 0.334 e. The van der Waals surface area contributed by atoms with Crippen LogP contribution >= 0.6 is 0 Å². The van der Waals surface area contributed by atoms with Crippen molar-refractivity contribution in [1.29, 1.82) is 0 Å². The van der Waals surface area contributed by atoms with Crippen LogP contribution in [0, 0.1) is 24.0 Å². The van der Waals surface area contributed by atoms with Crippen LogP contribution in [0.25, 0.3) is 0 Å². The van der Waals surface area contributed by atoms with E-state index in [-0.39, 0.29) is 17.3 Å². The lowest BCUT2D eigenvalue weighted by atomic mass is 9.97. The topological polar surface area (TPSA) is 93.0 Å². The highest BCUT2D eigenvalue weighted by Crippen LogP contribution is 2.34. The first-order chi connectivity index (χ1) is 14.7. The molecule has 0 saturated carbocycles. The minimum absolute atomic E-state index is 0.148. The first-order valence-electron chi connectivity index (χ1n) is 10.4. The van der Waals surface area contributed by atoms with E-state index in [4.69, 9.17) is 0 Å². The third kappa shape index (κ3) is 4.99. The Morgan fingerprint density at radius 3 is 1.55 bits per heavy atom. The summed E-state index contributed by atoms with van der Waals surface area (Å²) in [6, 6.07) is 11.8. The van der Waals surface area contributed by atoms with Gasteiger partial charge in [-0.3, -0.25) is 10.1 Å². The first kappa shape index (κ1) is 22.2. The van der Waals surface area contributed by atoms with E-state index < -0.39 is 4.92 Å². The fourth-order valence-electron chi connectivity index (χ4n) is 3.81. The summed E-state index contributed by atoms with van der Waals surface area (Å²) in [6.07, 6.45) is 1.32. The maximum atomic E-state index is 11.9. The van der Waals surface area contributed by atoms with Gasteiger partial charge in [0.25, 0.3) is 0 Å². The molecule has 0 unspecified atom stereocenters. The van der Waals surface area contributed by atoms with Crippen LogP contribution in [0.5, 0.6) is 0 Å². The molecular weight excluding hydrogens is 390 g/mol. The van der Waals surface area contributed by atoms with Gasteiger partial charge >= 0.3 is 5.69 Å². The minimum atomic E-state index is -0.463. The lowest BCUT2D eigenvalue weighted by Gasteiger charge is -2.14. The summed E-state index contributed by atoms with van der Waals surface area (Å²) in [5, 5.41) is 18.1. The molecule has 7 heteroatoms. The van der Waals surface area contributed by atoms with Gasteiger partial charge in [0.15, 0.2) is 0 Å². The third-order valence-corrected chi connectivity index (χ3v) is 5.31. The van der Waals surface area contributed by atoms with E-state index in [0.717, 1.165) is 22.5 Å². The zero-order valence-electron chi connectivity index (χ0n) is 18.9. The lowest BCUT2D eigenvalue weighted by Crippen LogP contribution is -2.06. The summed E-state index contributed by atoms with van der Waals surface area (Å²) >= 11 is 0. The summed E-state index contributed by atoms with van der Waals surface area (Å²) in [4.78, 5) is 19.7. The van der Waals surface area contributed by atoms with Crippen molar-refractivity contribution < 1.29 is 4.92 Å². The lowest BCUT2D eigenvalue weighted by molar-refractivity contribution is -0.383. The Kier molecular flexibility index (Phi) is 6.53. The van der Waals surface area contributed by atoms with Crippen LogP contribution in [0.3, 0.4) is 0 Å². The molecule has 162 valence electrons. The molecule has 1 heterocycles. The summed E-state index contributed by atoms with van der Waals surface area (Å²) in [5.41, 5.74) is 6.01. The second kappa shape index (κ2) is 9.12. The molecule has 0 bridgehead atoms. The van der Waals surface area contributed by atoms with E-state index in [1.807, 2.05) is 50.2 Å². The van der Waals surface area contributed by atoms with Crippen LogP contribution in [-0.2, 0) is 0 Å². The number of aromatic nitrogens is 2. The fourth-order valence-corrected chi connectivity index (χ4v) is 3.81. The molecule has 0 spiro atoms. The van der Waals surface area contributed by atoms with Crippen LogP contribution < -0.4 is 10.6 Å². The van der Waals surface area contributed by atoms with Crippen molar-refractivity contribution in [2.75, 3.05) is 10.6 Å². The van der Waals surface area contributed by atoms with Gasteiger partial charge < -0.3 is 10.6 Å². The quantitative estimate of drug-likeness (QED) is 0.325. The predicted octanol–water partition coefficient (Wildman–Crippen LogP) is 6.74. The van der Waals surface area contributed by atoms with Gasteiger partial charge in [0.05, 0.1) is 4.92 Å².